The van der Waals surface area contributed by atoms with Crippen LogP contribution in [0.1, 0.15) is 50.1 Å². The van der Waals surface area contributed by atoms with Crippen molar-refractivity contribution in [3.05, 3.63) is 118 Å². The Balaban J connectivity index is 1.41. The van der Waals surface area contributed by atoms with Crippen LogP contribution in [0.25, 0.3) is 54.7 Å². The van der Waals surface area contributed by atoms with Crippen molar-refractivity contribution in [1.29, 1.82) is 10.5 Å². The Morgan fingerprint density at radius 2 is 1.60 bits per heavy atom. The molecule has 0 amide bonds. The number of benzene rings is 4. The normalized spacial score (nSPS) is 15.5. The highest BCUT2D eigenvalue weighted by atomic mass is 32.2. The third-order valence-corrected chi connectivity index (χ3v) is 13.1. The number of nitrogens with zero attached hydrogens (tertiary/aromatic N) is 4. The maximum absolute atomic E-state index is 11.1. The van der Waals surface area contributed by atoms with Gasteiger partial charge in [0.15, 0.2) is 0 Å². The maximum Gasteiger partial charge on any atom is 0.137 e. The molecule has 0 spiro atoms. The van der Waals surface area contributed by atoms with E-state index in [1.165, 1.54) is 24.2 Å². The highest BCUT2D eigenvalue weighted by Crippen LogP contribution is 2.45. The number of nitriles is 2. The lowest BCUT2D eigenvalue weighted by atomic mass is 10.0. The van der Waals surface area contributed by atoms with E-state index in [0.717, 1.165) is 83.6 Å². The number of hydrogen-bond donors (Lipinski definition) is 2. The first-order valence-corrected chi connectivity index (χ1v) is 20.6. The molecule has 274 valence electrons. The standard InChI is InChI=1S/C46H42N6OS2/c1-5-7-15-29(6-2)27-53-31-23-21-30(22-24-31)41-39-40(44(50-41)34(26-48)46-52(4)36-18-11-13-20-38(36)55-46)42(32-16-9-8-14-28(32)3)51-43(39)33(25-47)45-49-35-17-10-12-19-37(35)54-45/h8-14,16-24,29,46,50-51H,5-7,15,27H2,1-4H3/b43-33-,44-34-. The number of fused-ring (bicyclic) bond motifs is 3. The van der Waals surface area contributed by atoms with Crippen molar-refractivity contribution < 1.29 is 4.74 Å². The molecule has 7 nitrogen and oxygen atoms in total. The Morgan fingerprint density at radius 1 is 0.873 bits per heavy atom. The largest absolute Gasteiger partial charge is 0.493 e. The minimum absolute atomic E-state index is 0.265. The summed E-state index contributed by atoms with van der Waals surface area (Å²) in [6.45, 7) is 7.24. The number of hydrogen-bond acceptors (Lipinski definition) is 7. The van der Waals surface area contributed by atoms with Crippen molar-refractivity contribution in [2.24, 2.45) is 5.92 Å². The molecule has 4 heterocycles. The third-order valence-electron chi connectivity index (χ3n) is 10.7. The summed E-state index contributed by atoms with van der Waals surface area (Å²) in [5.41, 5.74) is 7.67. The second kappa shape index (κ2) is 15.5. The van der Waals surface area contributed by atoms with Gasteiger partial charge in [-0.2, -0.15) is 10.5 Å². The van der Waals surface area contributed by atoms with Crippen LogP contribution < -0.4 is 20.3 Å². The number of aromatic nitrogens is 3. The summed E-state index contributed by atoms with van der Waals surface area (Å²) in [5.74, 6) is 1.34. The summed E-state index contributed by atoms with van der Waals surface area (Å²) in [7, 11) is 2.05. The quantitative estimate of drug-likeness (QED) is 0.136. The van der Waals surface area contributed by atoms with E-state index in [1.807, 2.05) is 67.7 Å². The number of rotatable bonds is 11. The molecule has 0 aliphatic carbocycles. The summed E-state index contributed by atoms with van der Waals surface area (Å²) >= 11 is 3.18. The van der Waals surface area contributed by atoms with Crippen molar-refractivity contribution in [2.75, 3.05) is 18.6 Å². The van der Waals surface area contributed by atoms with E-state index in [-0.39, 0.29) is 5.37 Å². The van der Waals surface area contributed by atoms with Gasteiger partial charge in [0.1, 0.15) is 33.8 Å². The fraction of sp³-hybridized carbons (Fsp3) is 0.239. The number of H-pyrrole nitrogens is 2. The number of thioether (sulfide) groups is 1. The molecule has 1 aliphatic rings. The molecule has 7 aromatic rings. The van der Waals surface area contributed by atoms with Crippen LogP contribution in [-0.2, 0) is 0 Å². The molecule has 0 saturated heterocycles. The molecule has 0 radical (unpaired) electrons. The molecular weight excluding hydrogens is 717 g/mol. The molecule has 1 aliphatic heterocycles. The van der Waals surface area contributed by atoms with Gasteiger partial charge < -0.3 is 19.6 Å². The number of para-hydroxylation sites is 2. The SMILES string of the molecule is CCCCC(CC)COc1ccc(-c2[nH]/c(=C(/C#N)C3Sc4ccccc4N3C)c3c(-c4ccccc4C)[nH]/c(=C(/C#N)c4nc5ccccc5s4)c23)cc1. The van der Waals surface area contributed by atoms with Gasteiger partial charge in [0.2, 0.25) is 0 Å². The Kier molecular flexibility index (Phi) is 10.2. The van der Waals surface area contributed by atoms with E-state index in [2.05, 4.69) is 84.2 Å². The number of thiazole rings is 1. The summed E-state index contributed by atoms with van der Waals surface area (Å²) in [4.78, 5) is 15.8. The Labute approximate surface area is 329 Å². The van der Waals surface area contributed by atoms with Gasteiger partial charge in [0.05, 0.1) is 50.2 Å². The molecule has 0 fully saturated rings. The molecular formula is C46H42N6OS2. The van der Waals surface area contributed by atoms with E-state index in [9.17, 15) is 10.5 Å². The molecule has 2 N–H and O–H groups in total. The first-order valence-electron chi connectivity index (χ1n) is 18.9. The lowest BCUT2D eigenvalue weighted by molar-refractivity contribution is 0.233. The zero-order chi connectivity index (χ0) is 38.1. The highest BCUT2D eigenvalue weighted by Gasteiger charge is 2.33. The monoisotopic (exact) mass is 758 g/mol. The molecule has 4 aromatic carbocycles. The summed E-state index contributed by atoms with van der Waals surface area (Å²) in [6.07, 6.45) is 4.64. The zero-order valence-corrected chi connectivity index (χ0v) is 33.1. The first kappa shape index (κ1) is 36.2. The smallest absolute Gasteiger partial charge is 0.137 e. The van der Waals surface area contributed by atoms with Crippen LogP contribution in [0.3, 0.4) is 0 Å². The maximum atomic E-state index is 11.1. The topological polar surface area (TPSA) is 105 Å². The van der Waals surface area contributed by atoms with Gasteiger partial charge in [-0.25, -0.2) is 4.98 Å². The lowest BCUT2D eigenvalue weighted by Gasteiger charge is -2.20. The van der Waals surface area contributed by atoms with Gasteiger partial charge in [-0.1, -0.05) is 93.4 Å². The molecule has 2 unspecified atom stereocenters. The van der Waals surface area contributed by atoms with Crippen molar-refractivity contribution >= 4 is 60.9 Å². The minimum atomic E-state index is -0.265. The second-order valence-electron chi connectivity index (χ2n) is 14.1. The average molecular weight is 759 g/mol. The van der Waals surface area contributed by atoms with E-state index >= 15 is 0 Å². The van der Waals surface area contributed by atoms with Crippen LogP contribution >= 0.6 is 23.1 Å². The van der Waals surface area contributed by atoms with Crippen molar-refractivity contribution in [3.63, 3.8) is 0 Å². The van der Waals surface area contributed by atoms with E-state index in [4.69, 9.17) is 9.72 Å². The lowest BCUT2D eigenvalue weighted by Crippen LogP contribution is -2.29. The Bertz CT molecular complexity index is 2710. The molecule has 0 bridgehead atoms. The number of unbranched alkanes of at least 4 members (excludes halogenated alkanes) is 1. The van der Waals surface area contributed by atoms with Crippen molar-refractivity contribution in [2.45, 2.75) is 56.7 Å². The first-order chi connectivity index (χ1) is 26.9. The Morgan fingerprint density at radius 3 is 2.33 bits per heavy atom. The van der Waals surface area contributed by atoms with Gasteiger partial charge in [0.25, 0.3) is 0 Å². The molecule has 8 rings (SSSR count). The fourth-order valence-electron chi connectivity index (χ4n) is 7.59. The summed E-state index contributed by atoms with van der Waals surface area (Å²) in [5, 5.41) is 25.5. The van der Waals surface area contributed by atoms with Crippen LogP contribution in [0.15, 0.2) is 102 Å². The second-order valence-corrected chi connectivity index (χ2v) is 16.3. The highest BCUT2D eigenvalue weighted by molar-refractivity contribution is 8.01. The van der Waals surface area contributed by atoms with Gasteiger partial charge in [0, 0.05) is 28.3 Å². The predicted octanol–water partition coefficient (Wildman–Crippen LogP) is 10.3. The fourth-order valence-corrected chi connectivity index (χ4v) is 9.85. The Hall–Kier alpha value is -5.74. The average Bonchev–Trinajstić information content (AvgIpc) is 3.99. The van der Waals surface area contributed by atoms with Gasteiger partial charge in [-0.15, -0.1) is 11.3 Å². The molecule has 0 saturated carbocycles. The molecule has 55 heavy (non-hydrogen) atoms. The molecule has 9 heteroatoms. The van der Waals surface area contributed by atoms with Crippen LogP contribution in [0.2, 0.25) is 0 Å². The van der Waals surface area contributed by atoms with E-state index in [0.29, 0.717) is 34.0 Å². The minimum Gasteiger partial charge on any atom is -0.493 e. The number of ether oxygens (including phenoxy) is 1. The number of aromatic amines is 2. The number of aryl methyl sites for hydroxylation is 1. The molecule has 3 aromatic heterocycles. The van der Waals surface area contributed by atoms with E-state index in [1.54, 1.807) is 11.8 Å². The van der Waals surface area contributed by atoms with Crippen LogP contribution in [-0.4, -0.2) is 34.0 Å². The van der Waals surface area contributed by atoms with Crippen molar-refractivity contribution in [1.82, 2.24) is 15.0 Å². The van der Waals surface area contributed by atoms with Crippen LogP contribution in [0.5, 0.6) is 5.75 Å². The predicted molar refractivity (Wildman–Crippen MR) is 228 cm³/mol. The van der Waals surface area contributed by atoms with Gasteiger partial charge in [-0.3, -0.25) is 0 Å². The number of nitrogens with one attached hydrogen (secondary N) is 2. The summed E-state index contributed by atoms with van der Waals surface area (Å²) in [6, 6.07) is 37.9. The number of anilines is 1. The molecule has 2 atom stereocenters. The van der Waals surface area contributed by atoms with E-state index < -0.39 is 0 Å². The van der Waals surface area contributed by atoms with Gasteiger partial charge >= 0.3 is 0 Å². The third kappa shape index (κ3) is 6.69. The summed E-state index contributed by atoms with van der Waals surface area (Å²) < 4.78 is 7.33. The van der Waals surface area contributed by atoms with Crippen LogP contribution in [0.4, 0.5) is 5.69 Å². The van der Waals surface area contributed by atoms with Gasteiger partial charge in [-0.05, 0) is 78.9 Å². The van der Waals surface area contributed by atoms with Crippen molar-refractivity contribution in [3.8, 4) is 40.4 Å². The van der Waals surface area contributed by atoms with Crippen LogP contribution in [0, 0.1) is 35.5 Å². The zero-order valence-electron chi connectivity index (χ0n) is 31.4.